The minimum absolute atomic E-state index is 0.0106. The van der Waals surface area contributed by atoms with Crippen molar-refractivity contribution in [2.24, 2.45) is 0 Å². The van der Waals surface area contributed by atoms with Gasteiger partial charge >= 0.3 is 0 Å². The van der Waals surface area contributed by atoms with Gasteiger partial charge in [0.25, 0.3) is 0 Å². The maximum atomic E-state index is 12.3. The number of ketones is 1. The number of hydrogen-bond acceptors (Lipinski definition) is 8. The highest BCUT2D eigenvalue weighted by molar-refractivity contribution is 8.01. The summed E-state index contributed by atoms with van der Waals surface area (Å²) in [5.41, 5.74) is 0. The van der Waals surface area contributed by atoms with Gasteiger partial charge in [-0.25, -0.2) is 0 Å². The van der Waals surface area contributed by atoms with Crippen molar-refractivity contribution in [3.05, 3.63) is 21.9 Å². The van der Waals surface area contributed by atoms with Crippen molar-refractivity contribution < 1.29 is 14.4 Å². The van der Waals surface area contributed by atoms with Crippen molar-refractivity contribution in [3.63, 3.8) is 0 Å². The number of nitrogens with zero attached hydrogens (tertiary/aromatic N) is 3. The summed E-state index contributed by atoms with van der Waals surface area (Å²) >= 11 is 4.05. The van der Waals surface area contributed by atoms with Gasteiger partial charge in [0, 0.05) is 24.8 Å². The lowest BCUT2D eigenvalue weighted by Crippen LogP contribution is -2.30. The normalized spacial score (nSPS) is 13.5. The topological polar surface area (TPSA) is 92.3 Å². The molecule has 0 spiro atoms. The van der Waals surface area contributed by atoms with Gasteiger partial charge in [0.1, 0.15) is 0 Å². The summed E-state index contributed by atoms with van der Waals surface area (Å²) in [7, 11) is 0. The van der Waals surface area contributed by atoms with Crippen LogP contribution in [0.15, 0.2) is 16.5 Å². The minimum Gasteiger partial charge on any atom is -0.351 e. The Hall–Kier alpha value is -1.78. The van der Waals surface area contributed by atoms with Crippen LogP contribution in [0.2, 0.25) is 0 Å². The van der Waals surface area contributed by atoms with Gasteiger partial charge in [-0.3, -0.25) is 19.3 Å². The van der Waals surface area contributed by atoms with E-state index in [0.717, 1.165) is 17.7 Å². The zero-order valence-corrected chi connectivity index (χ0v) is 16.8. The number of thioether (sulfide) groups is 1. The van der Waals surface area contributed by atoms with E-state index in [1.165, 1.54) is 48.3 Å². The molecule has 138 valence electrons. The van der Waals surface area contributed by atoms with Crippen LogP contribution >= 0.6 is 34.4 Å². The molecule has 1 aliphatic rings. The maximum absolute atomic E-state index is 12.3. The Bertz CT molecular complexity index is 828. The third-order valence-corrected chi connectivity index (χ3v) is 6.81. The lowest BCUT2D eigenvalue weighted by atomic mass is 10.3. The first-order valence-electron chi connectivity index (χ1n) is 8.06. The second kappa shape index (κ2) is 8.28. The van der Waals surface area contributed by atoms with Gasteiger partial charge in [-0.05, 0) is 25.0 Å². The van der Waals surface area contributed by atoms with E-state index in [-0.39, 0.29) is 29.4 Å². The van der Waals surface area contributed by atoms with Crippen LogP contribution in [0, 0.1) is 0 Å². The fraction of sp³-hybridized carbons (Fsp3) is 0.438. The van der Waals surface area contributed by atoms with E-state index >= 15 is 0 Å². The summed E-state index contributed by atoms with van der Waals surface area (Å²) in [5.74, 6) is 0.149. The molecule has 2 heterocycles. The Morgan fingerprint density at radius 2 is 2.00 bits per heavy atom. The van der Waals surface area contributed by atoms with Crippen LogP contribution in [-0.2, 0) is 16.1 Å². The minimum atomic E-state index is -0.0975. The number of Topliss-reactive ketones (excluding diaryl/α,β-unsaturated/α-hetero) is 1. The Morgan fingerprint density at radius 1 is 1.23 bits per heavy atom. The van der Waals surface area contributed by atoms with E-state index < -0.39 is 0 Å². The lowest BCUT2D eigenvalue weighted by Gasteiger charge is -2.15. The van der Waals surface area contributed by atoms with Gasteiger partial charge in [0.05, 0.1) is 17.2 Å². The SMILES string of the molecule is CC(=O)NCc1ccc(C(=O)CSc2nnc(N(C(C)=O)C3CC3)s2)s1. The van der Waals surface area contributed by atoms with Crippen molar-refractivity contribution in [1.29, 1.82) is 0 Å². The fourth-order valence-electron chi connectivity index (χ4n) is 2.27. The van der Waals surface area contributed by atoms with Crippen molar-refractivity contribution in [2.45, 2.75) is 43.6 Å². The molecule has 2 aromatic heterocycles. The number of hydrogen-bond donors (Lipinski definition) is 1. The molecule has 1 fully saturated rings. The molecule has 26 heavy (non-hydrogen) atoms. The number of nitrogens with one attached hydrogen (secondary N) is 1. The molecule has 0 aliphatic heterocycles. The van der Waals surface area contributed by atoms with Crippen LogP contribution in [0.5, 0.6) is 0 Å². The van der Waals surface area contributed by atoms with Crippen LogP contribution in [0.1, 0.15) is 41.2 Å². The van der Waals surface area contributed by atoms with Crippen LogP contribution in [-0.4, -0.2) is 39.6 Å². The number of thiophene rings is 1. The van der Waals surface area contributed by atoms with Gasteiger partial charge in [0.15, 0.2) is 10.1 Å². The Morgan fingerprint density at radius 3 is 2.65 bits per heavy atom. The first-order chi connectivity index (χ1) is 12.4. The zero-order chi connectivity index (χ0) is 18.7. The van der Waals surface area contributed by atoms with Crippen molar-refractivity contribution in [3.8, 4) is 0 Å². The van der Waals surface area contributed by atoms with Gasteiger partial charge in [0.2, 0.25) is 16.9 Å². The predicted octanol–water partition coefficient (Wildman–Crippen LogP) is 2.73. The van der Waals surface area contributed by atoms with E-state index in [9.17, 15) is 14.4 Å². The molecule has 2 aromatic rings. The molecule has 0 unspecified atom stereocenters. The highest BCUT2D eigenvalue weighted by atomic mass is 32.2. The molecule has 0 atom stereocenters. The van der Waals surface area contributed by atoms with Gasteiger partial charge in [-0.2, -0.15) is 0 Å². The molecule has 1 aliphatic carbocycles. The van der Waals surface area contributed by atoms with Crippen molar-refractivity contribution in [1.82, 2.24) is 15.5 Å². The molecule has 2 amide bonds. The fourth-order valence-corrected chi connectivity index (χ4v) is 5.09. The second-order valence-electron chi connectivity index (χ2n) is 5.86. The third kappa shape index (κ3) is 4.89. The Labute approximate surface area is 163 Å². The van der Waals surface area contributed by atoms with Crippen LogP contribution in [0.3, 0.4) is 0 Å². The first kappa shape index (κ1) is 19.0. The smallest absolute Gasteiger partial charge is 0.225 e. The standard InChI is InChI=1S/C16H18N4O3S3/c1-9(21)17-7-12-5-6-14(25-12)13(23)8-24-16-19-18-15(26-16)20(10(2)22)11-3-4-11/h5-6,11H,3-4,7-8H2,1-2H3,(H,17,21). The van der Waals surface area contributed by atoms with E-state index in [0.29, 0.717) is 20.9 Å². The highest BCUT2D eigenvalue weighted by Crippen LogP contribution is 2.36. The predicted molar refractivity (Wildman–Crippen MR) is 103 cm³/mol. The number of carbonyl (C=O) groups excluding carboxylic acids is 3. The second-order valence-corrected chi connectivity index (χ2v) is 9.21. The molecule has 7 nitrogen and oxygen atoms in total. The molecular weight excluding hydrogens is 392 g/mol. The molecule has 1 saturated carbocycles. The highest BCUT2D eigenvalue weighted by Gasteiger charge is 2.34. The zero-order valence-electron chi connectivity index (χ0n) is 14.4. The number of aromatic nitrogens is 2. The third-order valence-electron chi connectivity index (χ3n) is 3.63. The summed E-state index contributed by atoms with van der Waals surface area (Å²) in [6.45, 7) is 3.43. The van der Waals surface area contributed by atoms with E-state index in [2.05, 4.69) is 15.5 Å². The first-order valence-corrected chi connectivity index (χ1v) is 10.7. The summed E-state index contributed by atoms with van der Waals surface area (Å²) < 4.78 is 0.676. The summed E-state index contributed by atoms with van der Waals surface area (Å²) in [5, 5.41) is 11.5. The lowest BCUT2D eigenvalue weighted by molar-refractivity contribution is -0.119. The van der Waals surface area contributed by atoms with Crippen LogP contribution < -0.4 is 10.2 Å². The average molecular weight is 411 g/mol. The summed E-state index contributed by atoms with van der Waals surface area (Å²) in [4.78, 5) is 38.3. The number of carbonyl (C=O) groups is 3. The monoisotopic (exact) mass is 410 g/mol. The Balaban J connectivity index is 1.55. The van der Waals surface area contributed by atoms with Gasteiger partial charge in [-0.15, -0.1) is 21.5 Å². The number of rotatable bonds is 8. The van der Waals surface area contributed by atoms with E-state index in [1.807, 2.05) is 6.07 Å². The summed E-state index contributed by atoms with van der Waals surface area (Å²) in [6, 6.07) is 3.87. The quantitative estimate of drug-likeness (QED) is 0.409. The van der Waals surface area contributed by atoms with Crippen molar-refractivity contribution in [2.75, 3.05) is 10.7 Å². The largest absolute Gasteiger partial charge is 0.351 e. The van der Waals surface area contributed by atoms with E-state index in [4.69, 9.17) is 0 Å². The molecular formula is C16H18N4O3S3. The molecule has 0 aromatic carbocycles. The number of amides is 2. The number of anilines is 1. The molecule has 0 saturated heterocycles. The maximum Gasteiger partial charge on any atom is 0.225 e. The molecule has 0 bridgehead atoms. The van der Waals surface area contributed by atoms with Crippen LogP contribution in [0.25, 0.3) is 0 Å². The molecule has 10 heteroatoms. The van der Waals surface area contributed by atoms with Crippen molar-refractivity contribution >= 4 is 57.2 Å². The Kier molecular flexibility index (Phi) is 6.05. The van der Waals surface area contributed by atoms with E-state index in [1.54, 1.807) is 11.0 Å². The van der Waals surface area contributed by atoms with Gasteiger partial charge < -0.3 is 5.32 Å². The molecule has 0 radical (unpaired) electrons. The average Bonchev–Trinajstić information content (AvgIpc) is 3.10. The van der Waals surface area contributed by atoms with Crippen LogP contribution in [0.4, 0.5) is 5.13 Å². The summed E-state index contributed by atoms with van der Waals surface area (Å²) in [6.07, 6.45) is 2.00. The van der Waals surface area contributed by atoms with Gasteiger partial charge in [-0.1, -0.05) is 23.1 Å². The molecule has 1 N–H and O–H groups in total. The molecule has 3 rings (SSSR count).